The van der Waals surface area contributed by atoms with E-state index in [2.05, 4.69) is 9.97 Å². The Hall–Kier alpha value is -3.32. The highest BCUT2D eigenvalue weighted by atomic mass is 35.5. The van der Waals surface area contributed by atoms with Gasteiger partial charge in [0.25, 0.3) is 0 Å². The third-order valence-electron chi connectivity index (χ3n) is 4.86. The van der Waals surface area contributed by atoms with Gasteiger partial charge in [0, 0.05) is 18.1 Å². The Labute approximate surface area is 176 Å². The van der Waals surface area contributed by atoms with Gasteiger partial charge in [-0.1, -0.05) is 23.7 Å². The van der Waals surface area contributed by atoms with Crippen molar-refractivity contribution in [2.75, 3.05) is 14.2 Å². The molecule has 2 aromatic carbocycles. The topological polar surface area (TPSA) is 67.4 Å². The van der Waals surface area contributed by atoms with E-state index in [9.17, 15) is 13.9 Å². The Balaban J connectivity index is 1.80. The van der Waals surface area contributed by atoms with Crippen molar-refractivity contribution in [1.82, 2.24) is 9.97 Å². The highest BCUT2D eigenvalue weighted by Crippen LogP contribution is 2.43. The van der Waals surface area contributed by atoms with E-state index in [1.807, 2.05) is 6.07 Å². The van der Waals surface area contributed by atoms with Crippen LogP contribution in [0.3, 0.4) is 0 Å². The van der Waals surface area contributed by atoms with Crippen LogP contribution in [0.25, 0.3) is 22.6 Å². The van der Waals surface area contributed by atoms with Crippen LogP contribution in [0.2, 0.25) is 5.15 Å². The standard InChI is InChI=1S/C22H17ClF2N2O3/c1-29-13-7-6-11(17(10-13)30-2)8-12-9-16-19(20(12)28)21(23)27-22(26-16)18-14(24)4-3-5-15(18)25/h3-7,9-10,28H,8H2,1-2H3,(H,26,27). The van der Waals surface area contributed by atoms with E-state index in [0.29, 0.717) is 29.2 Å². The van der Waals surface area contributed by atoms with Gasteiger partial charge in [0.05, 0.1) is 31.0 Å². The Morgan fingerprint density at radius 1 is 1.00 bits per heavy atom. The third kappa shape index (κ3) is 3.41. The van der Waals surface area contributed by atoms with Crippen molar-refractivity contribution < 1.29 is 23.4 Å². The summed E-state index contributed by atoms with van der Waals surface area (Å²) in [5.74, 6) is -0.428. The molecule has 0 spiro atoms. The first-order valence-electron chi connectivity index (χ1n) is 8.98. The Morgan fingerprint density at radius 3 is 2.40 bits per heavy atom. The predicted molar refractivity (Wildman–Crippen MR) is 110 cm³/mol. The molecule has 30 heavy (non-hydrogen) atoms. The molecule has 0 atom stereocenters. The highest BCUT2D eigenvalue weighted by Gasteiger charge is 2.24. The minimum Gasteiger partial charge on any atom is -0.507 e. The molecule has 1 aliphatic heterocycles. The van der Waals surface area contributed by atoms with Gasteiger partial charge >= 0.3 is 0 Å². The van der Waals surface area contributed by atoms with E-state index < -0.39 is 11.6 Å². The van der Waals surface area contributed by atoms with Crippen LogP contribution in [0.1, 0.15) is 11.1 Å². The molecular formula is C22H17ClF2N2O3. The molecule has 0 amide bonds. The zero-order chi connectivity index (χ0) is 21.4. The summed E-state index contributed by atoms with van der Waals surface area (Å²) in [6.07, 6.45) is 0.328. The molecule has 2 aromatic rings. The molecule has 1 heterocycles. The molecule has 0 fully saturated rings. The van der Waals surface area contributed by atoms with Crippen molar-refractivity contribution in [3.05, 3.63) is 70.4 Å². The monoisotopic (exact) mass is 430 g/mol. The molecule has 154 valence electrons. The van der Waals surface area contributed by atoms with Crippen LogP contribution < -0.4 is 9.47 Å². The average Bonchev–Trinajstić information content (AvgIpc) is 3.04. The average molecular weight is 431 g/mol. The van der Waals surface area contributed by atoms with Crippen LogP contribution >= 0.6 is 11.6 Å². The number of aromatic amines is 1. The van der Waals surface area contributed by atoms with E-state index in [1.165, 1.54) is 6.07 Å². The van der Waals surface area contributed by atoms with Crippen LogP contribution in [-0.4, -0.2) is 29.3 Å². The molecule has 0 aromatic heterocycles. The van der Waals surface area contributed by atoms with Crippen LogP contribution in [-0.2, 0) is 6.42 Å². The number of hydrogen-bond acceptors (Lipinski definition) is 4. The summed E-state index contributed by atoms with van der Waals surface area (Å²) in [7, 11) is 3.10. The normalized spacial score (nSPS) is 11.1. The number of ether oxygens (including phenoxy) is 2. The second-order valence-electron chi connectivity index (χ2n) is 6.63. The number of fused-ring (bicyclic) bond motifs is 1. The Kier molecular flexibility index (Phi) is 5.22. The Bertz CT molecular complexity index is 1190. The van der Waals surface area contributed by atoms with Gasteiger partial charge < -0.3 is 19.6 Å². The molecule has 2 aliphatic rings. The fourth-order valence-electron chi connectivity index (χ4n) is 3.39. The van der Waals surface area contributed by atoms with E-state index in [4.69, 9.17) is 21.1 Å². The highest BCUT2D eigenvalue weighted by molar-refractivity contribution is 6.32. The fraction of sp³-hybridized carbons (Fsp3) is 0.136. The van der Waals surface area contributed by atoms with E-state index in [1.54, 1.807) is 32.4 Å². The van der Waals surface area contributed by atoms with Crippen molar-refractivity contribution >= 4 is 11.6 Å². The summed E-state index contributed by atoms with van der Waals surface area (Å²) in [5, 5.41) is 10.7. The van der Waals surface area contributed by atoms with Crippen molar-refractivity contribution in [1.29, 1.82) is 0 Å². The zero-order valence-corrected chi connectivity index (χ0v) is 16.8. The SMILES string of the molecule is COc1ccc(Cc2cc3nc(-c4c(F)cccc4F)[nH]c(Cl)c-3c2O)c(OC)c1. The van der Waals surface area contributed by atoms with Crippen molar-refractivity contribution in [3.8, 4) is 39.9 Å². The van der Waals surface area contributed by atoms with Gasteiger partial charge in [-0.3, -0.25) is 0 Å². The summed E-state index contributed by atoms with van der Waals surface area (Å²) >= 11 is 6.29. The lowest BCUT2D eigenvalue weighted by molar-refractivity contribution is 0.391. The molecule has 5 nitrogen and oxygen atoms in total. The maximum Gasteiger partial charge on any atom is 0.145 e. The maximum absolute atomic E-state index is 14.2. The molecule has 0 unspecified atom stereocenters. The third-order valence-corrected chi connectivity index (χ3v) is 5.15. The molecule has 1 aliphatic carbocycles. The van der Waals surface area contributed by atoms with Crippen molar-refractivity contribution in [3.63, 3.8) is 0 Å². The molecule has 0 saturated carbocycles. The number of hydrogen-bond donors (Lipinski definition) is 2. The first-order valence-corrected chi connectivity index (χ1v) is 9.36. The second kappa shape index (κ2) is 7.84. The molecule has 0 radical (unpaired) electrons. The quantitative estimate of drug-likeness (QED) is 0.414. The zero-order valence-electron chi connectivity index (χ0n) is 16.1. The number of nitrogens with zero attached hydrogens (tertiary/aromatic N) is 1. The summed E-state index contributed by atoms with van der Waals surface area (Å²) in [5.41, 5.74) is 1.63. The first kappa shape index (κ1) is 20.0. The van der Waals surface area contributed by atoms with Crippen molar-refractivity contribution in [2.45, 2.75) is 6.42 Å². The van der Waals surface area contributed by atoms with Gasteiger partial charge in [0.2, 0.25) is 0 Å². The van der Waals surface area contributed by atoms with Crippen molar-refractivity contribution in [2.24, 2.45) is 0 Å². The van der Waals surface area contributed by atoms with Gasteiger partial charge in [-0.25, -0.2) is 13.8 Å². The van der Waals surface area contributed by atoms with E-state index in [0.717, 1.165) is 17.7 Å². The van der Waals surface area contributed by atoms with Crippen LogP contribution in [0.4, 0.5) is 8.78 Å². The number of rotatable bonds is 5. The van der Waals surface area contributed by atoms with Gasteiger partial charge in [-0.05, 0) is 29.8 Å². The Morgan fingerprint density at radius 2 is 1.73 bits per heavy atom. The first-order chi connectivity index (χ1) is 14.4. The minimum absolute atomic E-state index is 0.0306. The number of benzene rings is 2. The second-order valence-corrected chi connectivity index (χ2v) is 7.01. The maximum atomic E-state index is 14.2. The summed E-state index contributed by atoms with van der Waals surface area (Å²) in [4.78, 5) is 6.97. The van der Waals surface area contributed by atoms with E-state index in [-0.39, 0.29) is 27.9 Å². The number of methoxy groups -OCH3 is 2. The molecule has 0 bridgehead atoms. The number of H-pyrrole nitrogens is 1. The molecule has 4 rings (SSSR count). The van der Waals surface area contributed by atoms with Gasteiger partial charge in [0.15, 0.2) is 0 Å². The summed E-state index contributed by atoms with van der Waals surface area (Å²) in [6, 6.07) is 10.5. The van der Waals surface area contributed by atoms with Crippen LogP contribution in [0, 0.1) is 11.6 Å². The van der Waals surface area contributed by atoms with Gasteiger partial charge in [0.1, 0.15) is 39.9 Å². The number of halogens is 3. The molecule has 8 heteroatoms. The molecule has 0 saturated heterocycles. The number of nitrogens with one attached hydrogen (secondary N) is 1. The minimum atomic E-state index is -0.770. The summed E-state index contributed by atoms with van der Waals surface area (Å²) < 4.78 is 38.9. The van der Waals surface area contributed by atoms with Crippen LogP contribution in [0.5, 0.6) is 17.2 Å². The lowest BCUT2D eigenvalue weighted by atomic mass is 10.1. The largest absolute Gasteiger partial charge is 0.507 e. The lowest BCUT2D eigenvalue weighted by Gasteiger charge is -2.10. The van der Waals surface area contributed by atoms with Crippen LogP contribution in [0.15, 0.2) is 42.5 Å². The predicted octanol–water partition coefficient (Wildman–Crippen LogP) is 5.43. The number of aromatic nitrogens is 2. The van der Waals surface area contributed by atoms with Gasteiger partial charge in [-0.15, -0.1) is 0 Å². The summed E-state index contributed by atoms with van der Waals surface area (Å²) in [6.45, 7) is 0. The molecular weight excluding hydrogens is 414 g/mol. The fourth-order valence-corrected chi connectivity index (χ4v) is 3.66. The lowest BCUT2D eigenvalue weighted by Crippen LogP contribution is -1.98. The van der Waals surface area contributed by atoms with Gasteiger partial charge in [-0.2, -0.15) is 0 Å². The van der Waals surface area contributed by atoms with E-state index >= 15 is 0 Å². The molecule has 2 N–H and O–H groups in total. The number of aromatic hydroxyl groups is 1. The smallest absolute Gasteiger partial charge is 0.145 e.